The van der Waals surface area contributed by atoms with Crippen molar-refractivity contribution < 1.29 is 14.7 Å². The first-order chi connectivity index (χ1) is 20.8. The Morgan fingerprint density at radius 2 is 1.63 bits per heavy atom. The average molecular weight is 581 g/mol. The molecule has 9 nitrogen and oxygen atoms in total. The summed E-state index contributed by atoms with van der Waals surface area (Å²) < 4.78 is 0. The van der Waals surface area contributed by atoms with E-state index in [9.17, 15) is 20.0 Å². The van der Waals surface area contributed by atoms with Crippen LogP contribution in [0, 0.1) is 25.2 Å². The first-order valence-electron chi connectivity index (χ1n) is 14.9. The number of rotatable bonds is 7. The molecule has 1 atom stereocenters. The first-order valence-corrected chi connectivity index (χ1v) is 14.9. The van der Waals surface area contributed by atoms with Crippen LogP contribution in [-0.4, -0.2) is 80.3 Å². The highest BCUT2D eigenvalue weighted by Gasteiger charge is 2.32. The number of aliphatic hydroxyl groups excluding tert-OH is 1. The standard InChI is InChI=1S/C34H40N6O3/c1-23-18-24(2)30(37-26-12-14-38(15-13-26)31-10-6-4-8-25(31)20-35)19-29(23)34(43)39-16-17-40(27(21-39)22-41)32-11-7-5-9-28(32)33(42)36-3/h4-11,18-19,26-27,37,41H,12-17,21-22H2,1-3H3,(H,36,42)/t27-/m0/s1. The summed E-state index contributed by atoms with van der Waals surface area (Å²) in [6.45, 7) is 6.94. The van der Waals surface area contributed by atoms with Crippen LogP contribution in [0.4, 0.5) is 17.1 Å². The number of aryl methyl sites for hydroxylation is 2. The molecule has 0 aromatic heterocycles. The monoisotopic (exact) mass is 580 g/mol. The van der Waals surface area contributed by atoms with Crippen molar-refractivity contribution in [2.75, 3.05) is 61.5 Å². The van der Waals surface area contributed by atoms with E-state index in [0.717, 1.165) is 54.1 Å². The van der Waals surface area contributed by atoms with E-state index < -0.39 is 0 Å². The lowest BCUT2D eigenvalue weighted by atomic mass is 9.99. The molecule has 0 radical (unpaired) electrons. The fourth-order valence-electron chi connectivity index (χ4n) is 6.30. The summed E-state index contributed by atoms with van der Waals surface area (Å²) in [5.41, 5.74) is 6.62. The Morgan fingerprint density at radius 1 is 0.930 bits per heavy atom. The normalized spacial score (nSPS) is 17.4. The first kappa shape index (κ1) is 29.9. The maximum Gasteiger partial charge on any atom is 0.254 e. The van der Waals surface area contributed by atoms with Crippen molar-refractivity contribution in [2.24, 2.45) is 0 Å². The molecular formula is C34H40N6O3. The van der Waals surface area contributed by atoms with Crippen LogP contribution in [-0.2, 0) is 0 Å². The number of aliphatic hydroxyl groups is 1. The van der Waals surface area contributed by atoms with E-state index in [1.165, 1.54) is 0 Å². The third-order valence-corrected chi connectivity index (χ3v) is 8.69. The molecule has 0 saturated carbocycles. The third kappa shape index (κ3) is 6.30. The molecule has 3 aromatic carbocycles. The largest absolute Gasteiger partial charge is 0.394 e. The zero-order valence-corrected chi connectivity index (χ0v) is 25.1. The molecule has 224 valence electrons. The molecule has 2 aliphatic rings. The molecule has 0 spiro atoms. The number of piperazine rings is 1. The van der Waals surface area contributed by atoms with Crippen LogP contribution >= 0.6 is 0 Å². The summed E-state index contributed by atoms with van der Waals surface area (Å²) in [6.07, 6.45) is 1.85. The highest BCUT2D eigenvalue weighted by Crippen LogP contribution is 2.29. The Bertz CT molecular complexity index is 1520. The van der Waals surface area contributed by atoms with E-state index in [2.05, 4.69) is 34.6 Å². The Hall–Kier alpha value is -4.55. The molecule has 3 aromatic rings. The highest BCUT2D eigenvalue weighted by molar-refractivity contribution is 6.00. The second kappa shape index (κ2) is 13.2. The van der Waals surface area contributed by atoms with Crippen molar-refractivity contribution in [3.05, 3.63) is 88.5 Å². The van der Waals surface area contributed by atoms with Gasteiger partial charge in [-0.1, -0.05) is 30.3 Å². The third-order valence-electron chi connectivity index (χ3n) is 8.69. The summed E-state index contributed by atoms with van der Waals surface area (Å²) >= 11 is 0. The van der Waals surface area contributed by atoms with E-state index in [0.29, 0.717) is 36.3 Å². The number of nitriles is 1. The second-order valence-corrected chi connectivity index (χ2v) is 11.4. The molecule has 2 aliphatic heterocycles. The molecule has 0 unspecified atom stereocenters. The highest BCUT2D eigenvalue weighted by atomic mass is 16.3. The predicted molar refractivity (Wildman–Crippen MR) is 170 cm³/mol. The smallest absolute Gasteiger partial charge is 0.254 e. The van der Waals surface area contributed by atoms with Crippen LogP contribution in [0.5, 0.6) is 0 Å². The summed E-state index contributed by atoms with van der Waals surface area (Å²) in [5.74, 6) is -0.236. The number of carbonyl (C=O) groups is 2. The van der Waals surface area contributed by atoms with Gasteiger partial charge < -0.3 is 30.4 Å². The molecule has 5 rings (SSSR count). The molecule has 3 N–H and O–H groups in total. The van der Waals surface area contributed by atoms with Gasteiger partial charge in [0.25, 0.3) is 11.8 Å². The van der Waals surface area contributed by atoms with Gasteiger partial charge >= 0.3 is 0 Å². The maximum absolute atomic E-state index is 13.9. The van der Waals surface area contributed by atoms with E-state index in [4.69, 9.17) is 0 Å². The van der Waals surface area contributed by atoms with Crippen LogP contribution in [0.1, 0.15) is 50.2 Å². The van der Waals surface area contributed by atoms with Crippen LogP contribution < -0.4 is 20.4 Å². The van der Waals surface area contributed by atoms with Gasteiger partial charge in [0.05, 0.1) is 29.5 Å². The zero-order chi connectivity index (χ0) is 30.5. The minimum Gasteiger partial charge on any atom is -0.394 e. The number of hydrogen-bond donors (Lipinski definition) is 3. The van der Waals surface area contributed by atoms with Crippen LogP contribution in [0.3, 0.4) is 0 Å². The lowest BCUT2D eigenvalue weighted by molar-refractivity contribution is 0.0697. The Morgan fingerprint density at radius 3 is 2.33 bits per heavy atom. The van der Waals surface area contributed by atoms with Crippen molar-refractivity contribution in [1.82, 2.24) is 10.2 Å². The minimum atomic E-state index is -0.330. The number of amides is 2. The quantitative estimate of drug-likeness (QED) is 0.388. The zero-order valence-electron chi connectivity index (χ0n) is 25.1. The topological polar surface area (TPSA) is 112 Å². The van der Waals surface area contributed by atoms with E-state index in [-0.39, 0.29) is 30.5 Å². The molecule has 2 amide bonds. The fraction of sp³-hybridized carbons (Fsp3) is 0.382. The van der Waals surface area contributed by atoms with Crippen molar-refractivity contribution in [3.8, 4) is 6.07 Å². The molecular weight excluding hydrogens is 540 g/mol. The van der Waals surface area contributed by atoms with Crippen LogP contribution in [0.25, 0.3) is 0 Å². The molecule has 9 heteroatoms. The van der Waals surface area contributed by atoms with Gasteiger partial charge in [0.15, 0.2) is 0 Å². The lowest BCUT2D eigenvalue weighted by Gasteiger charge is -2.42. The van der Waals surface area contributed by atoms with Gasteiger partial charge in [-0.15, -0.1) is 0 Å². The second-order valence-electron chi connectivity index (χ2n) is 11.4. The van der Waals surface area contributed by atoms with Gasteiger partial charge in [0, 0.05) is 62.8 Å². The molecule has 0 aliphatic carbocycles. The molecule has 2 fully saturated rings. The number of piperidine rings is 1. The van der Waals surface area contributed by atoms with E-state index in [1.807, 2.05) is 65.3 Å². The number of carbonyl (C=O) groups excluding carboxylic acids is 2. The summed E-state index contributed by atoms with van der Waals surface area (Å²) in [7, 11) is 1.60. The molecule has 0 bridgehead atoms. The van der Waals surface area contributed by atoms with Gasteiger partial charge in [-0.05, 0) is 68.1 Å². The van der Waals surface area contributed by atoms with Gasteiger partial charge in [-0.25, -0.2) is 0 Å². The number of nitrogens with zero attached hydrogens (tertiary/aromatic N) is 4. The van der Waals surface area contributed by atoms with E-state index >= 15 is 0 Å². The lowest BCUT2D eigenvalue weighted by Crippen LogP contribution is -2.56. The number of nitrogens with one attached hydrogen (secondary N) is 2. The number of benzene rings is 3. The number of hydrogen-bond acceptors (Lipinski definition) is 7. The SMILES string of the molecule is CNC(=O)c1ccccc1N1CCN(C(=O)c2cc(NC3CCN(c4ccccc4C#N)CC3)c(C)cc2C)C[C@H]1CO. The molecule has 2 saturated heterocycles. The summed E-state index contributed by atoms with van der Waals surface area (Å²) in [4.78, 5) is 32.5. The summed E-state index contributed by atoms with van der Waals surface area (Å²) in [6, 6.07) is 21.4. The van der Waals surface area contributed by atoms with Crippen molar-refractivity contribution in [2.45, 2.75) is 38.8 Å². The Kier molecular flexibility index (Phi) is 9.17. The van der Waals surface area contributed by atoms with Crippen LogP contribution in [0.15, 0.2) is 60.7 Å². The number of para-hydroxylation sites is 2. The van der Waals surface area contributed by atoms with Crippen molar-refractivity contribution >= 4 is 28.9 Å². The maximum atomic E-state index is 13.9. The number of anilines is 3. The van der Waals surface area contributed by atoms with Gasteiger partial charge in [0.2, 0.25) is 0 Å². The van der Waals surface area contributed by atoms with E-state index in [1.54, 1.807) is 13.1 Å². The Balaban J connectivity index is 1.27. The minimum absolute atomic E-state index is 0.0545. The predicted octanol–water partition coefficient (Wildman–Crippen LogP) is 3.94. The molecule has 2 heterocycles. The Labute approximate surface area is 253 Å². The average Bonchev–Trinajstić information content (AvgIpc) is 3.05. The van der Waals surface area contributed by atoms with Crippen LogP contribution in [0.2, 0.25) is 0 Å². The fourth-order valence-corrected chi connectivity index (χ4v) is 6.30. The van der Waals surface area contributed by atoms with Crippen molar-refractivity contribution in [3.63, 3.8) is 0 Å². The van der Waals surface area contributed by atoms with Gasteiger partial charge in [-0.2, -0.15) is 5.26 Å². The summed E-state index contributed by atoms with van der Waals surface area (Å²) in [5, 5.41) is 26.2. The van der Waals surface area contributed by atoms with Crippen molar-refractivity contribution in [1.29, 1.82) is 5.26 Å². The molecule has 43 heavy (non-hydrogen) atoms. The van der Waals surface area contributed by atoms with Gasteiger partial charge in [-0.3, -0.25) is 9.59 Å². The van der Waals surface area contributed by atoms with Gasteiger partial charge in [0.1, 0.15) is 6.07 Å².